The summed E-state index contributed by atoms with van der Waals surface area (Å²) >= 11 is 5.86. The Morgan fingerprint density at radius 1 is 1.08 bits per heavy atom. The SMILES string of the molecule is Fc1ccc(C(OCc2ccc(Cl)cc2)C(F)n2ccnc2)cc1. The second-order valence-electron chi connectivity index (χ2n) is 5.29. The van der Waals surface area contributed by atoms with E-state index in [4.69, 9.17) is 16.3 Å². The number of rotatable bonds is 6. The van der Waals surface area contributed by atoms with E-state index in [0.717, 1.165) is 5.56 Å². The van der Waals surface area contributed by atoms with Gasteiger partial charge >= 0.3 is 0 Å². The number of halogens is 3. The topological polar surface area (TPSA) is 27.1 Å². The Labute approximate surface area is 143 Å². The normalized spacial score (nSPS) is 13.6. The summed E-state index contributed by atoms with van der Waals surface area (Å²) in [4.78, 5) is 3.85. The Morgan fingerprint density at radius 2 is 1.79 bits per heavy atom. The van der Waals surface area contributed by atoms with Crippen LogP contribution in [-0.4, -0.2) is 9.55 Å². The van der Waals surface area contributed by atoms with Crippen LogP contribution in [-0.2, 0) is 11.3 Å². The van der Waals surface area contributed by atoms with Crippen LogP contribution in [0.3, 0.4) is 0 Å². The fourth-order valence-corrected chi connectivity index (χ4v) is 2.45. The molecule has 0 bridgehead atoms. The molecule has 2 aromatic carbocycles. The highest BCUT2D eigenvalue weighted by atomic mass is 35.5. The molecule has 3 rings (SSSR count). The molecule has 0 amide bonds. The van der Waals surface area contributed by atoms with Gasteiger partial charge < -0.3 is 9.30 Å². The van der Waals surface area contributed by atoms with Crippen molar-refractivity contribution in [2.75, 3.05) is 0 Å². The van der Waals surface area contributed by atoms with Crippen LogP contribution in [0.4, 0.5) is 8.78 Å². The molecule has 6 heteroatoms. The molecule has 0 fully saturated rings. The third-order valence-corrected chi connectivity index (χ3v) is 3.85. The largest absolute Gasteiger partial charge is 0.364 e. The van der Waals surface area contributed by atoms with Crippen molar-refractivity contribution in [2.24, 2.45) is 0 Å². The van der Waals surface area contributed by atoms with Crippen LogP contribution in [0.5, 0.6) is 0 Å². The molecule has 1 heterocycles. The second kappa shape index (κ2) is 7.55. The summed E-state index contributed by atoms with van der Waals surface area (Å²) in [6, 6.07) is 12.7. The van der Waals surface area contributed by atoms with Gasteiger partial charge in [0.2, 0.25) is 6.30 Å². The molecule has 0 N–H and O–H groups in total. The van der Waals surface area contributed by atoms with Crippen molar-refractivity contribution < 1.29 is 13.5 Å². The molecule has 3 aromatic rings. The number of hydrogen-bond acceptors (Lipinski definition) is 2. The van der Waals surface area contributed by atoms with Gasteiger partial charge in [0.25, 0.3) is 0 Å². The van der Waals surface area contributed by atoms with Gasteiger partial charge in [0, 0.05) is 17.4 Å². The zero-order valence-corrected chi connectivity index (χ0v) is 13.4. The number of benzene rings is 2. The number of alkyl halides is 1. The molecule has 3 nitrogen and oxygen atoms in total. The van der Waals surface area contributed by atoms with Gasteiger partial charge in [0.15, 0.2) is 0 Å². The van der Waals surface area contributed by atoms with E-state index in [2.05, 4.69) is 4.98 Å². The van der Waals surface area contributed by atoms with E-state index in [9.17, 15) is 8.78 Å². The number of ether oxygens (including phenoxy) is 1. The molecular formula is C18H15ClF2N2O. The predicted molar refractivity (Wildman–Crippen MR) is 87.8 cm³/mol. The predicted octanol–water partition coefficient (Wildman–Crippen LogP) is 5.10. The molecule has 0 aliphatic carbocycles. The molecular weight excluding hydrogens is 334 g/mol. The van der Waals surface area contributed by atoms with Crippen LogP contribution >= 0.6 is 11.6 Å². The first kappa shape index (κ1) is 16.6. The maximum absolute atomic E-state index is 14.9. The Morgan fingerprint density at radius 3 is 2.42 bits per heavy atom. The molecule has 0 spiro atoms. The van der Waals surface area contributed by atoms with E-state index < -0.39 is 12.4 Å². The minimum atomic E-state index is -1.48. The van der Waals surface area contributed by atoms with Crippen LogP contribution in [0.1, 0.15) is 23.5 Å². The van der Waals surface area contributed by atoms with Crippen molar-refractivity contribution in [3.05, 3.63) is 89.2 Å². The van der Waals surface area contributed by atoms with E-state index in [0.29, 0.717) is 10.6 Å². The van der Waals surface area contributed by atoms with E-state index in [1.807, 2.05) is 12.1 Å². The molecule has 1 aromatic heterocycles. The third kappa shape index (κ3) is 3.99. The van der Waals surface area contributed by atoms with Crippen molar-refractivity contribution in [1.82, 2.24) is 9.55 Å². The Bertz CT molecular complexity index is 761. The lowest BCUT2D eigenvalue weighted by Crippen LogP contribution is -2.16. The highest BCUT2D eigenvalue weighted by Crippen LogP contribution is 2.32. The summed E-state index contributed by atoms with van der Waals surface area (Å²) < 4.78 is 35.1. The van der Waals surface area contributed by atoms with Gasteiger partial charge in [-0.1, -0.05) is 35.9 Å². The van der Waals surface area contributed by atoms with Gasteiger partial charge in [-0.15, -0.1) is 0 Å². The first-order valence-electron chi connectivity index (χ1n) is 7.36. The fraction of sp³-hybridized carbons (Fsp3) is 0.167. The lowest BCUT2D eigenvalue weighted by atomic mass is 10.1. The van der Waals surface area contributed by atoms with Crippen molar-refractivity contribution in [3.63, 3.8) is 0 Å². The zero-order chi connectivity index (χ0) is 16.9. The Balaban J connectivity index is 1.81. The fourth-order valence-electron chi connectivity index (χ4n) is 2.33. The number of imidazole rings is 1. The highest BCUT2D eigenvalue weighted by molar-refractivity contribution is 6.30. The van der Waals surface area contributed by atoms with Crippen molar-refractivity contribution in [2.45, 2.75) is 19.0 Å². The Hall–Kier alpha value is -2.24. The Kier molecular flexibility index (Phi) is 5.23. The zero-order valence-electron chi connectivity index (χ0n) is 12.6. The molecule has 0 radical (unpaired) electrons. The lowest BCUT2D eigenvalue weighted by molar-refractivity contribution is -0.0423. The first-order valence-corrected chi connectivity index (χ1v) is 7.74. The molecule has 0 aliphatic heterocycles. The van der Waals surface area contributed by atoms with Crippen LogP contribution in [0.25, 0.3) is 0 Å². The highest BCUT2D eigenvalue weighted by Gasteiger charge is 2.25. The van der Waals surface area contributed by atoms with Gasteiger partial charge in [-0.25, -0.2) is 13.8 Å². The number of aromatic nitrogens is 2. The van der Waals surface area contributed by atoms with Crippen LogP contribution in [0.2, 0.25) is 5.02 Å². The monoisotopic (exact) mass is 348 g/mol. The standard InChI is InChI=1S/C18H15ClF2N2O/c19-15-5-1-13(2-6-15)11-24-17(14-3-7-16(20)8-4-14)18(21)23-10-9-22-12-23/h1-10,12,17-18H,11H2. The van der Waals surface area contributed by atoms with Gasteiger partial charge in [0.1, 0.15) is 11.9 Å². The van der Waals surface area contributed by atoms with Crippen LogP contribution in [0, 0.1) is 5.82 Å². The van der Waals surface area contributed by atoms with Crippen molar-refractivity contribution >= 4 is 11.6 Å². The van der Waals surface area contributed by atoms with E-state index >= 15 is 0 Å². The van der Waals surface area contributed by atoms with Gasteiger partial charge in [0.05, 0.1) is 12.9 Å². The maximum atomic E-state index is 14.9. The summed E-state index contributed by atoms with van der Waals surface area (Å²) in [7, 11) is 0. The third-order valence-electron chi connectivity index (χ3n) is 3.60. The smallest absolute Gasteiger partial charge is 0.207 e. The van der Waals surface area contributed by atoms with Crippen molar-refractivity contribution in [3.8, 4) is 0 Å². The second-order valence-corrected chi connectivity index (χ2v) is 5.73. The quantitative estimate of drug-likeness (QED) is 0.619. The van der Waals surface area contributed by atoms with E-state index in [1.165, 1.54) is 47.6 Å². The maximum Gasteiger partial charge on any atom is 0.207 e. The minimum Gasteiger partial charge on any atom is -0.364 e. The lowest BCUT2D eigenvalue weighted by Gasteiger charge is -2.23. The molecule has 2 unspecified atom stereocenters. The summed E-state index contributed by atoms with van der Waals surface area (Å²) in [5.41, 5.74) is 1.41. The summed E-state index contributed by atoms with van der Waals surface area (Å²) in [6.07, 6.45) is 2.02. The molecule has 0 aliphatic rings. The summed E-state index contributed by atoms with van der Waals surface area (Å²) in [5, 5.41) is 0.621. The summed E-state index contributed by atoms with van der Waals surface area (Å²) in [5.74, 6) is -0.381. The molecule has 124 valence electrons. The molecule has 24 heavy (non-hydrogen) atoms. The molecule has 0 saturated heterocycles. The van der Waals surface area contributed by atoms with Crippen molar-refractivity contribution in [1.29, 1.82) is 0 Å². The number of hydrogen-bond donors (Lipinski definition) is 0. The summed E-state index contributed by atoms with van der Waals surface area (Å²) in [6.45, 7) is 0.203. The van der Waals surface area contributed by atoms with E-state index in [1.54, 1.807) is 12.1 Å². The van der Waals surface area contributed by atoms with Gasteiger partial charge in [-0.3, -0.25) is 0 Å². The molecule has 0 saturated carbocycles. The number of nitrogens with zero attached hydrogens (tertiary/aromatic N) is 2. The van der Waals surface area contributed by atoms with Gasteiger partial charge in [-0.05, 0) is 35.4 Å². The van der Waals surface area contributed by atoms with Crippen LogP contribution in [0.15, 0.2) is 67.3 Å². The minimum absolute atomic E-state index is 0.203. The average molecular weight is 349 g/mol. The van der Waals surface area contributed by atoms with Gasteiger partial charge in [-0.2, -0.15) is 0 Å². The molecule has 2 atom stereocenters. The van der Waals surface area contributed by atoms with E-state index in [-0.39, 0.29) is 12.4 Å². The average Bonchev–Trinajstić information content (AvgIpc) is 3.12. The first-order chi connectivity index (χ1) is 11.6. The van der Waals surface area contributed by atoms with Crippen LogP contribution < -0.4 is 0 Å².